The third-order valence-corrected chi connectivity index (χ3v) is 2.20. The van der Waals surface area contributed by atoms with E-state index in [9.17, 15) is 15.3 Å². The summed E-state index contributed by atoms with van der Waals surface area (Å²) in [6.07, 6.45) is -2.51. The second-order valence-corrected chi connectivity index (χ2v) is 3.49. The number of aromatic hydroxyl groups is 1. The van der Waals surface area contributed by atoms with Gasteiger partial charge >= 0.3 is 0 Å². The van der Waals surface area contributed by atoms with Gasteiger partial charge in [0.25, 0.3) is 0 Å². The topological polar surface area (TPSA) is 109 Å². The van der Waals surface area contributed by atoms with Crippen molar-refractivity contribution in [3.63, 3.8) is 0 Å². The normalized spacial score (nSPS) is 13.9. The van der Waals surface area contributed by atoms with Gasteiger partial charge < -0.3 is 15.3 Å². The number of phenols is 1. The molecular weight excluding hydrogens is 210 g/mol. The number of benzene rings is 1. The summed E-state index contributed by atoms with van der Waals surface area (Å²) < 4.78 is 0. The summed E-state index contributed by atoms with van der Waals surface area (Å²) in [6, 6.07) is 4.69. The molecule has 0 aliphatic heterocycles. The Labute approximate surface area is 92.4 Å². The van der Waals surface area contributed by atoms with Gasteiger partial charge in [0, 0.05) is 10.5 Å². The lowest BCUT2D eigenvalue weighted by molar-refractivity contribution is 0.0230. The van der Waals surface area contributed by atoms with Crippen LogP contribution in [0.4, 0.5) is 0 Å². The molecule has 2 atom stereocenters. The van der Waals surface area contributed by atoms with Crippen LogP contribution < -0.4 is 0 Å². The molecule has 0 amide bonds. The second-order valence-electron chi connectivity index (χ2n) is 3.49. The van der Waals surface area contributed by atoms with Crippen molar-refractivity contribution in [2.75, 3.05) is 6.54 Å². The Morgan fingerprint density at radius 3 is 2.75 bits per heavy atom. The van der Waals surface area contributed by atoms with Crippen LogP contribution in [0.15, 0.2) is 23.3 Å². The molecule has 0 spiro atoms. The number of aliphatic hydroxyl groups is 2. The van der Waals surface area contributed by atoms with E-state index in [1.165, 1.54) is 6.07 Å². The molecular formula is C10H13N3O3. The lowest BCUT2D eigenvalue weighted by Crippen LogP contribution is -2.21. The smallest absolute Gasteiger partial charge is 0.121 e. The maximum atomic E-state index is 9.73. The number of hydrogen-bond donors (Lipinski definition) is 3. The zero-order valence-corrected chi connectivity index (χ0v) is 8.78. The van der Waals surface area contributed by atoms with E-state index >= 15 is 0 Å². The predicted molar refractivity (Wildman–Crippen MR) is 57.8 cm³/mol. The van der Waals surface area contributed by atoms with E-state index < -0.39 is 12.2 Å². The van der Waals surface area contributed by atoms with Crippen LogP contribution in [0.25, 0.3) is 10.4 Å². The molecule has 0 heterocycles. The van der Waals surface area contributed by atoms with Crippen molar-refractivity contribution in [2.45, 2.75) is 19.1 Å². The standard InChI is InChI=1S/C10H13N3O3/c1-6-2-3-8(14)7(4-6)10(16)9(15)5-12-13-11/h2-4,9-10,14-16H,5H2,1H3. The third kappa shape index (κ3) is 2.87. The van der Waals surface area contributed by atoms with E-state index in [1.807, 2.05) is 0 Å². The molecule has 6 nitrogen and oxygen atoms in total. The summed E-state index contributed by atoms with van der Waals surface area (Å²) in [4.78, 5) is 2.48. The van der Waals surface area contributed by atoms with Gasteiger partial charge in [-0.3, -0.25) is 0 Å². The van der Waals surface area contributed by atoms with E-state index in [1.54, 1.807) is 19.1 Å². The Morgan fingerprint density at radius 2 is 2.12 bits per heavy atom. The average Bonchev–Trinajstić information content (AvgIpc) is 2.28. The van der Waals surface area contributed by atoms with Gasteiger partial charge in [-0.05, 0) is 24.6 Å². The molecule has 0 saturated carbocycles. The van der Waals surface area contributed by atoms with Crippen LogP contribution in [0.1, 0.15) is 17.2 Å². The summed E-state index contributed by atoms with van der Waals surface area (Å²) >= 11 is 0. The summed E-state index contributed by atoms with van der Waals surface area (Å²) in [5, 5.41) is 31.9. The highest BCUT2D eigenvalue weighted by Gasteiger charge is 2.20. The van der Waals surface area contributed by atoms with Crippen LogP contribution in [-0.4, -0.2) is 28.0 Å². The molecule has 0 aromatic heterocycles. The number of hydrogen-bond acceptors (Lipinski definition) is 4. The minimum absolute atomic E-state index is 0.0990. The maximum absolute atomic E-state index is 9.73. The molecule has 0 aliphatic carbocycles. The van der Waals surface area contributed by atoms with Crippen molar-refractivity contribution < 1.29 is 15.3 Å². The molecule has 0 radical (unpaired) electrons. The monoisotopic (exact) mass is 223 g/mol. The number of aryl methyl sites for hydroxylation is 1. The van der Waals surface area contributed by atoms with Gasteiger partial charge in [-0.2, -0.15) is 0 Å². The largest absolute Gasteiger partial charge is 0.508 e. The van der Waals surface area contributed by atoms with Crippen molar-refractivity contribution in [3.8, 4) is 5.75 Å². The van der Waals surface area contributed by atoms with Crippen molar-refractivity contribution in [2.24, 2.45) is 5.11 Å². The average molecular weight is 223 g/mol. The SMILES string of the molecule is Cc1ccc(O)c(C(O)C(O)CN=[N+]=[N-])c1. The number of azide groups is 1. The molecule has 1 aromatic rings. The lowest BCUT2D eigenvalue weighted by atomic mass is 10.0. The molecule has 0 aliphatic rings. The summed E-state index contributed by atoms with van der Waals surface area (Å²) in [5.74, 6) is -0.0990. The molecule has 1 aromatic carbocycles. The Hall–Kier alpha value is -1.75. The summed E-state index contributed by atoms with van der Waals surface area (Å²) in [6.45, 7) is 1.56. The number of aliphatic hydroxyl groups excluding tert-OH is 2. The molecule has 0 bridgehead atoms. The minimum atomic E-state index is -1.27. The molecule has 16 heavy (non-hydrogen) atoms. The van der Waals surface area contributed by atoms with Gasteiger partial charge in [-0.1, -0.05) is 16.7 Å². The van der Waals surface area contributed by atoms with Gasteiger partial charge in [0.2, 0.25) is 0 Å². The zero-order valence-electron chi connectivity index (χ0n) is 8.78. The second kappa shape index (κ2) is 5.37. The van der Waals surface area contributed by atoms with Crippen LogP contribution >= 0.6 is 0 Å². The minimum Gasteiger partial charge on any atom is -0.508 e. The number of nitrogens with zero attached hydrogens (tertiary/aromatic N) is 3. The van der Waals surface area contributed by atoms with E-state index in [0.717, 1.165) is 5.56 Å². The van der Waals surface area contributed by atoms with E-state index in [2.05, 4.69) is 10.0 Å². The van der Waals surface area contributed by atoms with Crippen LogP contribution in [0.5, 0.6) is 5.75 Å². The fourth-order valence-corrected chi connectivity index (χ4v) is 1.34. The van der Waals surface area contributed by atoms with Gasteiger partial charge in [-0.15, -0.1) is 0 Å². The first-order valence-electron chi connectivity index (χ1n) is 4.72. The van der Waals surface area contributed by atoms with Gasteiger partial charge in [0.1, 0.15) is 11.9 Å². The zero-order chi connectivity index (χ0) is 12.1. The Bertz CT molecular complexity index is 416. The van der Waals surface area contributed by atoms with Crippen molar-refractivity contribution in [1.82, 2.24) is 0 Å². The molecule has 3 N–H and O–H groups in total. The summed E-state index contributed by atoms with van der Waals surface area (Å²) in [7, 11) is 0. The maximum Gasteiger partial charge on any atom is 0.121 e. The molecule has 0 saturated heterocycles. The van der Waals surface area contributed by atoms with Crippen LogP contribution in [0.2, 0.25) is 0 Å². The van der Waals surface area contributed by atoms with Crippen molar-refractivity contribution >= 4 is 0 Å². The quantitative estimate of drug-likeness (QED) is 0.407. The number of phenolic OH excluding ortho intramolecular Hbond substituents is 1. The highest BCUT2D eigenvalue weighted by molar-refractivity contribution is 5.37. The highest BCUT2D eigenvalue weighted by Crippen LogP contribution is 2.27. The molecule has 6 heteroatoms. The van der Waals surface area contributed by atoms with E-state index in [0.29, 0.717) is 0 Å². The van der Waals surface area contributed by atoms with E-state index in [4.69, 9.17) is 5.53 Å². The Balaban J connectivity index is 2.90. The predicted octanol–water partition coefficient (Wildman–Crippen LogP) is 1.41. The summed E-state index contributed by atoms with van der Waals surface area (Å²) in [5.41, 5.74) is 9.16. The van der Waals surface area contributed by atoms with Crippen LogP contribution in [0, 0.1) is 6.92 Å². The molecule has 0 fully saturated rings. The van der Waals surface area contributed by atoms with E-state index in [-0.39, 0.29) is 17.9 Å². The van der Waals surface area contributed by atoms with Gasteiger partial charge in [0.05, 0.1) is 12.6 Å². The van der Waals surface area contributed by atoms with Crippen LogP contribution in [0.3, 0.4) is 0 Å². The van der Waals surface area contributed by atoms with Gasteiger partial charge in [-0.25, -0.2) is 0 Å². The first-order valence-corrected chi connectivity index (χ1v) is 4.72. The number of rotatable bonds is 4. The fourth-order valence-electron chi connectivity index (χ4n) is 1.34. The van der Waals surface area contributed by atoms with Gasteiger partial charge in [0.15, 0.2) is 0 Å². The Kier molecular flexibility index (Phi) is 4.13. The molecule has 2 unspecified atom stereocenters. The van der Waals surface area contributed by atoms with Crippen molar-refractivity contribution in [1.29, 1.82) is 0 Å². The van der Waals surface area contributed by atoms with Crippen molar-refractivity contribution in [3.05, 3.63) is 39.8 Å². The Morgan fingerprint density at radius 1 is 1.44 bits per heavy atom. The fraction of sp³-hybridized carbons (Fsp3) is 0.400. The highest BCUT2D eigenvalue weighted by atomic mass is 16.3. The molecule has 86 valence electrons. The third-order valence-electron chi connectivity index (χ3n) is 2.20. The molecule has 1 rings (SSSR count). The lowest BCUT2D eigenvalue weighted by Gasteiger charge is -2.17. The first kappa shape index (κ1) is 12.3. The van der Waals surface area contributed by atoms with Crippen LogP contribution in [-0.2, 0) is 0 Å². The first-order chi connectivity index (χ1) is 7.56.